The second-order valence-corrected chi connectivity index (χ2v) is 6.50. The van der Waals surface area contributed by atoms with Gasteiger partial charge in [-0.2, -0.15) is 0 Å². The van der Waals surface area contributed by atoms with E-state index in [1.165, 1.54) is 0 Å². The molecule has 2 rings (SSSR count). The first kappa shape index (κ1) is 20.7. The minimum absolute atomic E-state index is 0.0620. The van der Waals surface area contributed by atoms with E-state index in [-0.39, 0.29) is 18.9 Å². The van der Waals surface area contributed by atoms with E-state index < -0.39 is 17.9 Å². The molecule has 2 aromatic carbocycles. The van der Waals surface area contributed by atoms with E-state index in [0.717, 1.165) is 0 Å². The zero-order valence-electron chi connectivity index (χ0n) is 14.2. The number of nitrogens with zero attached hydrogens (tertiary/aromatic N) is 1. The molecule has 7 nitrogen and oxygen atoms in total. The van der Waals surface area contributed by atoms with Gasteiger partial charge in [0, 0.05) is 5.56 Å². The SMILES string of the molecule is NC(=NCc1cccc(Cl)c1Cl)NC(=O)c1ccc(CC(N)C(=O)O)cc1. The third-order valence-corrected chi connectivity index (χ3v) is 4.54. The molecule has 0 aliphatic heterocycles. The van der Waals surface area contributed by atoms with Crippen LogP contribution in [0, 0.1) is 0 Å². The van der Waals surface area contributed by atoms with Crippen LogP contribution in [-0.4, -0.2) is 29.0 Å². The van der Waals surface area contributed by atoms with Crippen LogP contribution in [0.2, 0.25) is 10.0 Å². The maximum absolute atomic E-state index is 12.2. The Kier molecular flexibility index (Phi) is 7.18. The van der Waals surface area contributed by atoms with Crippen molar-refractivity contribution in [3.63, 3.8) is 0 Å². The number of amides is 1. The van der Waals surface area contributed by atoms with Crippen molar-refractivity contribution < 1.29 is 14.7 Å². The number of carboxylic acid groups (broad SMARTS) is 1. The number of halogens is 2. The number of carbonyl (C=O) groups is 2. The smallest absolute Gasteiger partial charge is 0.320 e. The van der Waals surface area contributed by atoms with Crippen molar-refractivity contribution >= 4 is 41.0 Å². The van der Waals surface area contributed by atoms with Gasteiger partial charge >= 0.3 is 5.97 Å². The monoisotopic (exact) mass is 408 g/mol. The molecule has 2 aromatic rings. The topological polar surface area (TPSA) is 131 Å². The fourth-order valence-electron chi connectivity index (χ4n) is 2.20. The first-order chi connectivity index (χ1) is 12.8. The number of carbonyl (C=O) groups excluding carboxylic acids is 1. The highest BCUT2D eigenvalue weighted by molar-refractivity contribution is 6.42. The van der Waals surface area contributed by atoms with Gasteiger partial charge in [0.05, 0.1) is 16.6 Å². The summed E-state index contributed by atoms with van der Waals surface area (Å²) in [6, 6.07) is 10.5. The molecule has 0 heterocycles. The number of nitrogens with one attached hydrogen (secondary N) is 1. The largest absolute Gasteiger partial charge is 0.480 e. The number of benzene rings is 2. The fraction of sp³-hybridized carbons (Fsp3) is 0.167. The lowest BCUT2D eigenvalue weighted by molar-refractivity contribution is -0.138. The van der Waals surface area contributed by atoms with Gasteiger partial charge in [0.1, 0.15) is 6.04 Å². The van der Waals surface area contributed by atoms with Crippen molar-refractivity contribution in [1.29, 1.82) is 0 Å². The van der Waals surface area contributed by atoms with Gasteiger partial charge in [-0.3, -0.25) is 14.9 Å². The summed E-state index contributed by atoms with van der Waals surface area (Å²) >= 11 is 12.0. The lowest BCUT2D eigenvalue weighted by Crippen LogP contribution is -2.36. The Morgan fingerprint density at radius 1 is 1.15 bits per heavy atom. The normalized spacial score (nSPS) is 12.5. The van der Waals surface area contributed by atoms with Gasteiger partial charge < -0.3 is 16.6 Å². The van der Waals surface area contributed by atoms with Crippen LogP contribution in [-0.2, 0) is 17.8 Å². The average Bonchev–Trinajstić information content (AvgIpc) is 2.63. The van der Waals surface area contributed by atoms with E-state index in [9.17, 15) is 9.59 Å². The Morgan fingerprint density at radius 3 is 2.44 bits per heavy atom. The summed E-state index contributed by atoms with van der Waals surface area (Å²) in [6.45, 7) is 0.164. The molecule has 0 bridgehead atoms. The Morgan fingerprint density at radius 2 is 1.81 bits per heavy atom. The zero-order valence-corrected chi connectivity index (χ0v) is 15.7. The van der Waals surface area contributed by atoms with Crippen LogP contribution in [0.15, 0.2) is 47.5 Å². The van der Waals surface area contributed by atoms with Crippen molar-refractivity contribution in [3.05, 3.63) is 69.2 Å². The standard InChI is InChI=1S/C18H18Cl2N4O3/c19-13-3-1-2-12(15(13)20)9-23-18(22)24-16(25)11-6-4-10(5-7-11)8-14(21)17(26)27/h1-7,14H,8-9,21H2,(H,26,27)(H3,22,23,24,25). The quantitative estimate of drug-likeness (QED) is 0.429. The van der Waals surface area contributed by atoms with E-state index in [2.05, 4.69) is 10.3 Å². The second-order valence-electron chi connectivity index (χ2n) is 5.71. The molecular formula is C18H18Cl2N4O3. The summed E-state index contributed by atoms with van der Waals surface area (Å²) < 4.78 is 0. The zero-order chi connectivity index (χ0) is 20.0. The summed E-state index contributed by atoms with van der Waals surface area (Å²) in [6.07, 6.45) is 0.168. The van der Waals surface area contributed by atoms with Crippen LogP contribution >= 0.6 is 23.2 Å². The van der Waals surface area contributed by atoms with Gasteiger partial charge in [0.25, 0.3) is 5.91 Å². The van der Waals surface area contributed by atoms with Crippen molar-refractivity contribution in [1.82, 2.24) is 5.32 Å². The highest BCUT2D eigenvalue weighted by Crippen LogP contribution is 2.25. The van der Waals surface area contributed by atoms with Crippen LogP contribution < -0.4 is 16.8 Å². The highest BCUT2D eigenvalue weighted by atomic mass is 35.5. The maximum atomic E-state index is 12.2. The molecule has 142 valence electrons. The van der Waals surface area contributed by atoms with Gasteiger partial charge in [-0.1, -0.05) is 47.5 Å². The molecule has 1 unspecified atom stereocenters. The van der Waals surface area contributed by atoms with Crippen LogP contribution in [0.3, 0.4) is 0 Å². The Bertz CT molecular complexity index is 869. The second kappa shape index (κ2) is 9.36. The van der Waals surface area contributed by atoms with Crippen molar-refractivity contribution in [2.24, 2.45) is 16.5 Å². The molecule has 0 saturated heterocycles. The van der Waals surface area contributed by atoms with Gasteiger partial charge in [-0.15, -0.1) is 0 Å². The Hall–Kier alpha value is -2.61. The minimum Gasteiger partial charge on any atom is -0.480 e. The van der Waals surface area contributed by atoms with Crippen LogP contribution in [0.4, 0.5) is 0 Å². The molecule has 0 aliphatic rings. The van der Waals surface area contributed by atoms with Crippen molar-refractivity contribution in [2.75, 3.05) is 0 Å². The van der Waals surface area contributed by atoms with Gasteiger partial charge in [-0.05, 0) is 35.7 Å². The van der Waals surface area contributed by atoms with E-state index in [0.29, 0.717) is 26.7 Å². The van der Waals surface area contributed by atoms with E-state index in [4.69, 9.17) is 39.8 Å². The summed E-state index contributed by atoms with van der Waals surface area (Å²) in [5.41, 5.74) is 13.0. The summed E-state index contributed by atoms with van der Waals surface area (Å²) in [5.74, 6) is -1.59. The number of aliphatic imine (C=N–C) groups is 1. The molecule has 0 aliphatic carbocycles. The molecular weight excluding hydrogens is 391 g/mol. The Balaban J connectivity index is 1.97. The van der Waals surface area contributed by atoms with E-state index in [1.807, 2.05) is 0 Å². The van der Waals surface area contributed by atoms with Crippen molar-refractivity contribution in [3.8, 4) is 0 Å². The molecule has 0 aromatic heterocycles. The molecule has 1 amide bonds. The van der Waals surface area contributed by atoms with Crippen LogP contribution in [0.25, 0.3) is 0 Å². The maximum Gasteiger partial charge on any atom is 0.320 e. The van der Waals surface area contributed by atoms with E-state index >= 15 is 0 Å². The molecule has 0 fully saturated rings. The van der Waals surface area contributed by atoms with Gasteiger partial charge in [0.2, 0.25) is 0 Å². The van der Waals surface area contributed by atoms with Crippen LogP contribution in [0.5, 0.6) is 0 Å². The number of rotatable bonds is 6. The molecule has 1 atom stereocenters. The predicted octanol–water partition coefficient (Wildman–Crippen LogP) is 2.19. The van der Waals surface area contributed by atoms with Gasteiger partial charge in [-0.25, -0.2) is 4.99 Å². The molecule has 27 heavy (non-hydrogen) atoms. The van der Waals surface area contributed by atoms with Crippen molar-refractivity contribution in [2.45, 2.75) is 19.0 Å². The molecule has 0 radical (unpaired) electrons. The summed E-state index contributed by atoms with van der Waals surface area (Å²) in [4.78, 5) is 27.0. The molecule has 0 spiro atoms. The average molecular weight is 409 g/mol. The first-order valence-electron chi connectivity index (χ1n) is 7.89. The highest BCUT2D eigenvalue weighted by Gasteiger charge is 2.13. The number of hydrogen-bond acceptors (Lipinski definition) is 4. The predicted molar refractivity (Wildman–Crippen MR) is 105 cm³/mol. The number of hydrogen-bond donors (Lipinski definition) is 4. The first-order valence-corrected chi connectivity index (χ1v) is 8.65. The number of carboxylic acids is 1. The van der Waals surface area contributed by atoms with Crippen LogP contribution in [0.1, 0.15) is 21.5 Å². The fourth-order valence-corrected chi connectivity index (χ4v) is 2.58. The lowest BCUT2D eigenvalue weighted by Gasteiger charge is -2.08. The Labute approximate surface area is 166 Å². The number of nitrogens with two attached hydrogens (primary N) is 2. The molecule has 6 N–H and O–H groups in total. The number of aliphatic carboxylic acids is 1. The third kappa shape index (κ3) is 5.96. The van der Waals surface area contributed by atoms with E-state index in [1.54, 1.807) is 42.5 Å². The number of guanidine groups is 1. The third-order valence-electron chi connectivity index (χ3n) is 3.68. The molecule has 0 saturated carbocycles. The summed E-state index contributed by atoms with van der Waals surface area (Å²) in [5, 5.41) is 12.1. The lowest BCUT2D eigenvalue weighted by atomic mass is 10.0. The van der Waals surface area contributed by atoms with Gasteiger partial charge in [0.15, 0.2) is 5.96 Å². The minimum atomic E-state index is -1.08. The summed E-state index contributed by atoms with van der Waals surface area (Å²) in [7, 11) is 0. The molecule has 9 heteroatoms.